The fraction of sp³-hybridized carbons (Fsp3) is 0.640. The van der Waals surface area contributed by atoms with E-state index >= 15 is 0 Å². The van der Waals surface area contributed by atoms with Crippen molar-refractivity contribution in [3.8, 4) is 0 Å². The highest BCUT2D eigenvalue weighted by atomic mass is 16.5. The number of nitrogens with two attached hydrogens (primary N) is 3. The Hall–Kier alpha value is -2.65. The van der Waals surface area contributed by atoms with E-state index in [2.05, 4.69) is 15.6 Å². The highest BCUT2D eigenvalue weighted by molar-refractivity contribution is 5.89. The number of ether oxygens (including phenoxy) is 1. The number of carbonyl (C=O) groups is 2. The topological polar surface area (TPSA) is 158 Å². The molecular weight excluding hydrogens is 432 g/mol. The monoisotopic (exact) mass is 472 g/mol. The van der Waals surface area contributed by atoms with Gasteiger partial charge in [-0.25, -0.2) is 4.99 Å². The molecule has 1 aromatic rings. The van der Waals surface area contributed by atoms with E-state index in [0.29, 0.717) is 31.0 Å². The molecule has 34 heavy (non-hydrogen) atoms. The number of aliphatic imine (C=N–C) groups is 1. The lowest BCUT2D eigenvalue weighted by molar-refractivity contribution is -0.130. The highest BCUT2D eigenvalue weighted by Crippen LogP contribution is 2.27. The fourth-order valence-corrected chi connectivity index (χ4v) is 4.77. The Morgan fingerprint density at radius 1 is 1.03 bits per heavy atom. The largest absolute Gasteiger partial charge is 0.376 e. The summed E-state index contributed by atoms with van der Waals surface area (Å²) in [5.41, 5.74) is 18.5. The molecule has 0 radical (unpaired) electrons. The third kappa shape index (κ3) is 8.61. The first-order valence-electron chi connectivity index (χ1n) is 12.5. The minimum Gasteiger partial charge on any atom is -0.376 e. The highest BCUT2D eigenvalue weighted by Gasteiger charge is 2.26. The van der Waals surface area contributed by atoms with Crippen LogP contribution in [0, 0.1) is 5.92 Å². The Labute approximate surface area is 202 Å². The molecule has 0 spiro atoms. The molecule has 8 N–H and O–H groups in total. The predicted molar refractivity (Wildman–Crippen MR) is 133 cm³/mol. The van der Waals surface area contributed by atoms with Crippen molar-refractivity contribution in [2.24, 2.45) is 28.1 Å². The van der Waals surface area contributed by atoms with Crippen LogP contribution in [0.15, 0.2) is 29.3 Å². The van der Waals surface area contributed by atoms with E-state index in [4.69, 9.17) is 21.9 Å². The second-order valence-corrected chi connectivity index (χ2v) is 9.54. The van der Waals surface area contributed by atoms with E-state index in [1.165, 1.54) is 32.1 Å². The number of guanidine groups is 1. The average molecular weight is 473 g/mol. The number of carbonyl (C=O) groups excluding carboxylic acids is 2. The molecule has 9 nitrogen and oxygen atoms in total. The van der Waals surface area contributed by atoms with Crippen molar-refractivity contribution in [3.63, 3.8) is 0 Å². The summed E-state index contributed by atoms with van der Waals surface area (Å²) in [5.74, 6) is 0.125. The molecule has 1 aromatic carbocycles. The number of nitrogens with zero attached hydrogens (tertiary/aromatic N) is 1. The summed E-state index contributed by atoms with van der Waals surface area (Å²) in [7, 11) is 0. The maximum atomic E-state index is 13.0. The molecule has 2 amide bonds. The summed E-state index contributed by atoms with van der Waals surface area (Å²) in [6, 6.07) is 5.85. The minimum absolute atomic E-state index is 0.0131. The third-order valence-corrected chi connectivity index (χ3v) is 6.74. The van der Waals surface area contributed by atoms with Crippen LogP contribution in [0.2, 0.25) is 0 Å². The molecular formula is C25H40N6O3. The van der Waals surface area contributed by atoms with E-state index in [-0.39, 0.29) is 23.9 Å². The fourth-order valence-electron chi connectivity index (χ4n) is 4.77. The molecule has 9 heteroatoms. The molecule has 2 fully saturated rings. The van der Waals surface area contributed by atoms with Crippen LogP contribution in [0.5, 0.6) is 0 Å². The van der Waals surface area contributed by atoms with Crippen LogP contribution in [0.3, 0.4) is 0 Å². The van der Waals surface area contributed by atoms with Gasteiger partial charge in [0.1, 0.15) is 6.04 Å². The van der Waals surface area contributed by atoms with Gasteiger partial charge in [0, 0.05) is 13.2 Å². The van der Waals surface area contributed by atoms with Crippen molar-refractivity contribution in [1.82, 2.24) is 10.6 Å². The maximum Gasteiger partial charge on any atom is 0.242 e. The van der Waals surface area contributed by atoms with Gasteiger partial charge < -0.3 is 32.6 Å². The number of benzene rings is 1. The van der Waals surface area contributed by atoms with Crippen molar-refractivity contribution in [3.05, 3.63) is 29.8 Å². The van der Waals surface area contributed by atoms with Gasteiger partial charge in [0.2, 0.25) is 11.8 Å². The Morgan fingerprint density at radius 3 is 2.41 bits per heavy atom. The molecule has 2 aliphatic rings. The van der Waals surface area contributed by atoms with Gasteiger partial charge in [-0.15, -0.1) is 0 Å². The van der Waals surface area contributed by atoms with Crippen LogP contribution in [0.4, 0.5) is 5.69 Å². The molecule has 1 aliphatic carbocycles. The minimum atomic E-state index is -0.767. The number of nitrogens with one attached hydrogen (secondary N) is 2. The molecule has 1 saturated carbocycles. The van der Waals surface area contributed by atoms with Crippen LogP contribution in [0.1, 0.15) is 63.4 Å². The summed E-state index contributed by atoms with van der Waals surface area (Å²) < 4.78 is 5.61. The number of hydrogen-bond donors (Lipinski definition) is 5. The third-order valence-electron chi connectivity index (χ3n) is 6.74. The van der Waals surface area contributed by atoms with Crippen LogP contribution >= 0.6 is 0 Å². The Kier molecular flexibility index (Phi) is 10.2. The summed E-state index contributed by atoms with van der Waals surface area (Å²) in [5, 5.41) is 5.89. The van der Waals surface area contributed by atoms with Gasteiger partial charge in [-0.05, 0) is 55.7 Å². The molecule has 1 heterocycles. The average Bonchev–Trinajstić information content (AvgIpc) is 3.35. The SMILES string of the molecule is NC(N)=Nc1ccc(C[C@H](N)C(=O)N[C@@H](CCC2CCCCC2)C(=O)NCC2CCCO2)cc1. The van der Waals surface area contributed by atoms with E-state index in [0.717, 1.165) is 31.4 Å². The molecule has 1 unspecified atom stereocenters. The number of amides is 2. The van der Waals surface area contributed by atoms with E-state index in [9.17, 15) is 9.59 Å². The second-order valence-electron chi connectivity index (χ2n) is 9.54. The van der Waals surface area contributed by atoms with Gasteiger partial charge in [-0.3, -0.25) is 9.59 Å². The van der Waals surface area contributed by atoms with Gasteiger partial charge in [0.15, 0.2) is 5.96 Å². The molecule has 188 valence electrons. The zero-order chi connectivity index (χ0) is 24.3. The van der Waals surface area contributed by atoms with E-state index in [1.54, 1.807) is 12.1 Å². The standard InChI is InChI=1S/C25H40N6O3/c26-21(15-18-8-11-19(12-9-18)30-25(27)28)23(32)31-22(13-10-17-5-2-1-3-6-17)24(33)29-16-20-7-4-14-34-20/h8-9,11-12,17,20-22H,1-7,10,13-16,26H2,(H,29,33)(H,31,32)(H4,27,28,30)/t20?,21-,22-/m0/s1. The maximum absolute atomic E-state index is 13.0. The zero-order valence-electron chi connectivity index (χ0n) is 20.0. The van der Waals surface area contributed by atoms with Crippen molar-refractivity contribution in [1.29, 1.82) is 0 Å². The first kappa shape index (κ1) is 26.0. The Morgan fingerprint density at radius 2 is 1.76 bits per heavy atom. The van der Waals surface area contributed by atoms with Crippen LogP contribution in [0.25, 0.3) is 0 Å². The zero-order valence-corrected chi connectivity index (χ0v) is 20.0. The second kappa shape index (κ2) is 13.3. The molecule has 3 rings (SSSR count). The van der Waals surface area contributed by atoms with Crippen molar-refractivity contribution in [2.75, 3.05) is 13.2 Å². The first-order chi connectivity index (χ1) is 16.4. The number of hydrogen-bond acceptors (Lipinski definition) is 5. The van der Waals surface area contributed by atoms with Gasteiger partial charge in [-0.1, -0.05) is 44.2 Å². The Balaban J connectivity index is 1.55. The quantitative estimate of drug-likeness (QED) is 0.243. The lowest BCUT2D eigenvalue weighted by atomic mass is 9.85. The summed E-state index contributed by atoms with van der Waals surface area (Å²) >= 11 is 0. The molecule has 3 atom stereocenters. The molecule has 1 saturated heterocycles. The Bertz CT molecular complexity index is 812. The van der Waals surface area contributed by atoms with Crippen molar-refractivity contribution < 1.29 is 14.3 Å². The van der Waals surface area contributed by atoms with Gasteiger partial charge >= 0.3 is 0 Å². The summed E-state index contributed by atoms with van der Waals surface area (Å²) in [4.78, 5) is 29.8. The molecule has 0 aromatic heterocycles. The smallest absolute Gasteiger partial charge is 0.242 e. The first-order valence-corrected chi connectivity index (χ1v) is 12.5. The lowest BCUT2D eigenvalue weighted by Crippen LogP contribution is -2.53. The van der Waals surface area contributed by atoms with Crippen LogP contribution < -0.4 is 27.8 Å². The molecule has 1 aliphatic heterocycles. The van der Waals surface area contributed by atoms with Crippen LogP contribution in [-0.2, 0) is 20.7 Å². The van der Waals surface area contributed by atoms with E-state index < -0.39 is 12.1 Å². The van der Waals surface area contributed by atoms with E-state index in [1.807, 2.05) is 12.1 Å². The lowest BCUT2D eigenvalue weighted by Gasteiger charge is -2.25. The normalized spacial score (nSPS) is 20.3. The van der Waals surface area contributed by atoms with Crippen LogP contribution in [-0.4, -0.2) is 49.1 Å². The van der Waals surface area contributed by atoms with Crippen molar-refractivity contribution >= 4 is 23.5 Å². The van der Waals surface area contributed by atoms with Gasteiger partial charge in [-0.2, -0.15) is 0 Å². The summed E-state index contributed by atoms with van der Waals surface area (Å²) in [6.07, 6.45) is 10.1. The summed E-state index contributed by atoms with van der Waals surface area (Å²) in [6.45, 7) is 1.22. The molecule has 0 bridgehead atoms. The van der Waals surface area contributed by atoms with Gasteiger partial charge in [0.25, 0.3) is 0 Å². The number of rotatable bonds is 11. The predicted octanol–water partition coefficient (Wildman–Crippen LogP) is 1.60. The van der Waals surface area contributed by atoms with Gasteiger partial charge in [0.05, 0.1) is 17.8 Å². The van der Waals surface area contributed by atoms with Crippen molar-refractivity contribution in [2.45, 2.75) is 82.4 Å².